The maximum absolute atomic E-state index is 13.4. The molecule has 1 amide bonds. The fourth-order valence-electron chi connectivity index (χ4n) is 4.32. The number of halogens is 1. The number of hydrogen-bond acceptors (Lipinski definition) is 5. The number of rotatable bonds is 8. The van der Waals surface area contributed by atoms with Crippen LogP contribution in [0.4, 0.5) is 0 Å². The number of hydrogen-bond donors (Lipinski definition) is 1. The molecule has 0 saturated carbocycles. The van der Waals surface area contributed by atoms with E-state index >= 15 is 0 Å². The minimum Gasteiger partial charge on any atom is -0.379 e. The maximum atomic E-state index is 13.4. The minimum atomic E-state index is -0.381. The van der Waals surface area contributed by atoms with Gasteiger partial charge in [0.15, 0.2) is 5.82 Å². The summed E-state index contributed by atoms with van der Waals surface area (Å²) in [5.74, 6) is 0.138. The van der Waals surface area contributed by atoms with E-state index in [0.717, 1.165) is 32.7 Å². The summed E-state index contributed by atoms with van der Waals surface area (Å²) in [5, 5.41) is 7.96. The van der Waals surface area contributed by atoms with Crippen molar-refractivity contribution >= 4 is 17.5 Å². The van der Waals surface area contributed by atoms with Crippen molar-refractivity contribution in [3.63, 3.8) is 0 Å². The van der Waals surface area contributed by atoms with Gasteiger partial charge in [-0.05, 0) is 57.0 Å². The molecule has 1 N–H and O–H groups in total. The van der Waals surface area contributed by atoms with Gasteiger partial charge in [-0.15, -0.1) is 5.10 Å². The van der Waals surface area contributed by atoms with Crippen LogP contribution in [-0.2, 0) is 22.5 Å². The van der Waals surface area contributed by atoms with Gasteiger partial charge in [0.1, 0.15) is 6.54 Å². The van der Waals surface area contributed by atoms with Crippen molar-refractivity contribution in [2.75, 3.05) is 26.3 Å². The Morgan fingerprint density at radius 3 is 2.49 bits per heavy atom. The van der Waals surface area contributed by atoms with E-state index in [2.05, 4.69) is 22.2 Å². The lowest BCUT2D eigenvalue weighted by molar-refractivity contribution is -0.122. The molecule has 0 radical (unpaired) electrons. The zero-order valence-electron chi connectivity index (χ0n) is 20.4. The van der Waals surface area contributed by atoms with Crippen LogP contribution >= 0.6 is 11.6 Å². The lowest BCUT2D eigenvalue weighted by atomic mass is 10.1. The Labute approximate surface area is 210 Å². The number of nitrogens with one attached hydrogen (secondary N) is 1. The number of ether oxygens (including phenoxy) is 1. The average molecular weight is 498 g/mol. The second-order valence-corrected chi connectivity index (χ2v) is 9.64. The minimum absolute atomic E-state index is 0.0322. The first-order chi connectivity index (χ1) is 16.8. The molecule has 1 unspecified atom stereocenters. The van der Waals surface area contributed by atoms with E-state index in [0.29, 0.717) is 28.1 Å². The molecule has 1 fully saturated rings. The lowest BCUT2D eigenvalue weighted by Gasteiger charge is -2.32. The van der Waals surface area contributed by atoms with Crippen molar-refractivity contribution in [1.29, 1.82) is 0 Å². The topological polar surface area (TPSA) is 81.4 Å². The Morgan fingerprint density at radius 1 is 1.11 bits per heavy atom. The van der Waals surface area contributed by atoms with Crippen LogP contribution in [-0.4, -0.2) is 63.5 Å². The normalized spacial score (nSPS) is 15.3. The molecule has 1 aliphatic heterocycles. The van der Waals surface area contributed by atoms with Gasteiger partial charge in [-0.1, -0.05) is 35.9 Å². The number of nitrogens with zero attached hydrogens (tertiary/aromatic N) is 4. The van der Waals surface area contributed by atoms with E-state index in [-0.39, 0.29) is 24.2 Å². The summed E-state index contributed by atoms with van der Waals surface area (Å²) in [5.41, 5.74) is 2.12. The van der Waals surface area contributed by atoms with Crippen LogP contribution in [0.5, 0.6) is 0 Å². The predicted molar refractivity (Wildman–Crippen MR) is 137 cm³/mol. The molecular weight excluding hydrogens is 466 g/mol. The van der Waals surface area contributed by atoms with Crippen LogP contribution in [0.1, 0.15) is 26.3 Å². The third kappa shape index (κ3) is 6.20. The Balaban J connectivity index is 1.62. The molecule has 9 heteroatoms. The van der Waals surface area contributed by atoms with Crippen molar-refractivity contribution in [1.82, 2.24) is 24.6 Å². The standard InChI is InChI=1S/C26H32ClN5O3/c1-18(2)28-24(33)17-31-25(21-5-4-6-22(27)16-21)29-32(26(31)34)23-9-7-20(8-10-23)15-19(3)30-11-13-35-14-12-30/h4-10,16,18-19H,11-15,17H2,1-3H3,(H,28,33). The van der Waals surface area contributed by atoms with Crippen molar-refractivity contribution in [3.05, 3.63) is 69.6 Å². The zero-order valence-corrected chi connectivity index (χ0v) is 21.2. The highest BCUT2D eigenvalue weighted by molar-refractivity contribution is 6.30. The Kier molecular flexibility index (Phi) is 8.05. The van der Waals surface area contributed by atoms with E-state index < -0.39 is 0 Å². The van der Waals surface area contributed by atoms with Gasteiger partial charge in [0.05, 0.1) is 18.9 Å². The molecule has 1 aliphatic rings. The summed E-state index contributed by atoms with van der Waals surface area (Å²) in [6.45, 7) is 9.30. The summed E-state index contributed by atoms with van der Waals surface area (Å²) >= 11 is 6.19. The number of aromatic nitrogens is 3. The molecule has 1 atom stereocenters. The second kappa shape index (κ2) is 11.2. The summed E-state index contributed by atoms with van der Waals surface area (Å²) in [6, 6.07) is 15.3. The predicted octanol–water partition coefficient (Wildman–Crippen LogP) is 3.14. The molecule has 0 bridgehead atoms. The van der Waals surface area contributed by atoms with Gasteiger partial charge in [0.2, 0.25) is 5.91 Å². The number of carbonyl (C=O) groups excluding carboxylic acids is 1. The van der Waals surface area contributed by atoms with Crippen molar-refractivity contribution in [3.8, 4) is 17.1 Å². The number of amides is 1. The van der Waals surface area contributed by atoms with E-state index in [1.54, 1.807) is 18.2 Å². The fraction of sp³-hybridized carbons (Fsp3) is 0.423. The van der Waals surface area contributed by atoms with Gasteiger partial charge in [0, 0.05) is 35.8 Å². The fourth-order valence-corrected chi connectivity index (χ4v) is 4.51. The summed E-state index contributed by atoms with van der Waals surface area (Å²) < 4.78 is 8.18. The van der Waals surface area contributed by atoms with Crippen LogP contribution in [0.25, 0.3) is 17.1 Å². The molecule has 186 valence electrons. The maximum Gasteiger partial charge on any atom is 0.351 e. The zero-order chi connectivity index (χ0) is 24.9. The van der Waals surface area contributed by atoms with Gasteiger partial charge >= 0.3 is 5.69 Å². The van der Waals surface area contributed by atoms with Gasteiger partial charge < -0.3 is 10.1 Å². The van der Waals surface area contributed by atoms with E-state index in [4.69, 9.17) is 16.3 Å². The summed E-state index contributed by atoms with van der Waals surface area (Å²) in [7, 11) is 0. The molecular formula is C26H32ClN5O3. The SMILES string of the molecule is CC(C)NC(=O)Cn1c(-c2cccc(Cl)c2)nn(-c2ccc(CC(C)N3CCOCC3)cc2)c1=O. The van der Waals surface area contributed by atoms with Gasteiger partial charge in [-0.25, -0.2) is 4.79 Å². The van der Waals surface area contributed by atoms with Gasteiger partial charge in [0.25, 0.3) is 0 Å². The number of morpholine rings is 1. The van der Waals surface area contributed by atoms with Crippen molar-refractivity contribution in [2.24, 2.45) is 0 Å². The average Bonchev–Trinajstić information content (AvgIpc) is 3.15. The Morgan fingerprint density at radius 2 is 1.83 bits per heavy atom. The number of carbonyl (C=O) groups is 1. The molecule has 35 heavy (non-hydrogen) atoms. The molecule has 0 spiro atoms. The van der Waals surface area contributed by atoms with E-state index in [9.17, 15) is 9.59 Å². The molecule has 2 heterocycles. The first kappa shape index (κ1) is 25.2. The van der Waals surface area contributed by atoms with Crippen LogP contribution < -0.4 is 11.0 Å². The molecule has 4 rings (SSSR count). The summed E-state index contributed by atoms with van der Waals surface area (Å²) in [6.07, 6.45) is 0.909. The van der Waals surface area contributed by atoms with E-state index in [1.807, 2.05) is 44.2 Å². The summed E-state index contributed by atoms with van der Waals surface area (Å²) in [4.78, 5) is 28.3. The first-order valence-electron chi connectivity index (χ1n) is 12.0. The molecule has 0 aliphatic carbocycles. The van der Waals surface area contributed by atoms with Crippen LogP contribution in [0.15, 0.2) is 53.3 Å². The molecule has 2 aromatic carbocycles. The van der Waals surface area contributed by atoms with Crippen LogP contribution in [0.3, 0.4) is 0 Å². The third-order valence-corrected chi connectivity index (χ3v) is 6.31. The third-order valence-electron chi connectivity index (χ3n) is 6.08. The molecule has 1 saturated heterocycles. The smallest absolute Gasteiger partial charge is 0.351 e. The Bertz CT molecular complexity index is 1210. The second-order valence-electron chi connectivity index (χ2n) is 9.20. The van der Waals surface area contributed by atoms with Crippen molar-refractivity contribution < 1.29 is 9.53 Å². The lowest BCUT2D eigenvalue weighted by Crippen LogP contribution is -2.43. The monoisotopic (exact) mass is 497 g/mol. The quantitative estimate of drug-likeness (QED) is 0.517. The molecule has 1 aromatic heterocycles. The first-order valence-corrected chi connectivity index (χ1v) is 12.4. The largest absolute Gasteiger partial charge is 0.379 e. The van der Waals surface area contributed by atoms with Crippen LogP contribution in [0.2, 0.25) is 5.02 Å². The van der Waals surface area contributed by atoms with Crippen molar-refractivity contribution in [2.45, 2.75) is 45.8 Å². The van der Waals surface area contributed by atoms with Crippen LogP contribution in [0, 0.1) is 0 Å². The number of benzene rings is 2. The Hall–Kier alpha value is -2.94. The highest BCUT2D eigenvalue weighted by Crippen LogP contribution is 2.21. The van der Waals surface area contributed by atoms with Gasteiger partial charge in [-0.2, -0.15) is 4.68 Å². The van der Waals surface area contributed by atoms with Gasteiger partial charge in [-0.3, -0.25) is 14.3 Å². The van der Waals surface area contributed by atoms with E-state index in [1.165, 1.54) is 14.8 Å². The molecule has 8 nitrogen and oxygen atoms in total. The highest BCUT2D eigenvalue weighted by atomic mass is 35.5. The highest BCUT2D eigenvalue weighted by Gasteiger charge is 2.20. The molecule has 3 aromatic rings.